The molecule has 0 radical (unpaired) electrons. The van der Waals surface area contributed by atoms with E-state index in [4.69, 9.17) is 13.9 Å². The first-order chi connectivity index (χ1) is 14.1. The number of carbonyl (C=O) groups excluding carboxylic acids is 1. The van der Waals surface area contributed by atoms with Gasteiger partial charge in [0.15, 0.2) is 11.5 Å². The van der Waals surface area contributed by atoms with Crippen LogP contribution in [0.4, 0.5) is 0 Å². The Morgan fingerprint density at radius 2 is 1.83 bits per heavy atom. The summed E-state index contributed by atoms with van der Waals surface area (Å²) in [6, 6.07) is 10.1. The summed E-state index contributed by atoms with van der Waals surface area (Å²) in [4.78, 5) is 14.9. The lowest BCUT2D eigenvalue weighted by molar-refractivity contribution is -0.130. The highest BCUT2D eigenvalue weighted by atomic mass is 16.5. The van der Waals surface area contributed by atoms with E-state index in [2.05, 4.69) is 12.1 Å². The molecule has 0 bridgehead atoms. The van der Waals surface area contributed by atoms with Crippen molar-refractivity contribution in [1.82, 2.24) is 4.90 Å². The van der Waals surface area contributed by atoms with Crippen LogP contribution >= 0.6 is 0 Å². The Balaban J connectivity index is 1.52. The predicted molar refractivity (Wildman–Crippen MR) is 113 cm³/mol. The molecule has 0 unspecified atom stereocenters. The molecule has 152 valence electrons. The summed E-state index contributed by atoms with van der Waals surface area (Å²) in [5.41, 5.74) is 5.63. The van der Waals surface area contributed by atoms with E-state index in [1.165, 1.54) is 17.5 Å². The maximum Gasteiger partial charge on any atom is 0.227 e. The van der Waals surface area contributed by atoms with Gasteiger partial charge in [0.2, 0.25) is 5.91 Å². The zero-order chi connectivity index (χ0) is 20.4. The minimum Gasteiger partial charge on any atom is -0.493 e. The zero-order valence-corrected chi connectivity index (χ0v) is 17.3. The van der Waals surface area contributed by atoms with Crippen LogP contribution in [0.15, 0.2) is 41.0 Å². The first kappa shape index (κ1) is 19.4. The number of aryl methyl sites for hydroxylation is 2. The second kappa shape index (κ2) is 8.19. The number of benzene rings is 2. The van der Waals surface area contributed by atoms with Gasteiger partial charge in [-0.05, 0) is 67.1 Å². The van der Waals surface area contributed by atoms with Gasteiger partial charge < -0.3 is 18.8 Å². The van der Waals surface area contributed by atoms with E-state index in [9.17, 15) is 4.79 Å². The van der Waals surface area contributed by atoms with E-state index >= 15 is 0 Å². The topological polar surface area (TPSA) is 51.9 Å². The lowest BCUT2D eigenvalue weighted by Gasteiger charge is -2.21. The van der Waals surface area contributed by atoms with Crippen LogP contribution in [0.1, 0.15) is 35.6 Å². The highest BCUT2D eigenvalue weighted by molar-refractivity contribution is 5.88. The Labute approximate surface area is 171 Å². The second-order valence-corrected chi connectivity index (χ2v) is 7.51. The molecule has 1 aliphatic carbocycles. The Morgan fingerprint density at radius 3 is 2.55 bits per heavy atom. The average molecular weight is 393 g/mol. The number of nitrogens with zero attached hydrogens (tertiary/aromatic N) is 1. The van der Waals surface area contributed by atoms with E-state index in [-0.39, 0.29) is 5.91 Å². The van der Waals surface area contributed by atoms with Crippen molar-refractivity contribution in [3.8, 4) is 11.5 Å². The number of carbonyl (C=O) groups is 1. The number of hydrogen-bond acceptors (Lipinski definition) is 4. The van der Waals surface area contributed by atoms with Crippen molar-refractivity contribution in [2.24, 2.45) is 0 Å². The van der Waals surface area contributed by atoms with Crippen molar-refractivity contribution in [1.29, 1.82) is 0 Å². The maximum atomic E-state index is 13.0. The molecule has 0 spiro atoms. The molecule has 29 heavy (non-hydrogen) atoms. The highest BCUT2D eigenvalue weighted by Gasteiger charge is 2.19. The number of ether oxygens (including phenoxy) is 2. The fraction of sp³-hybridized carbons (Fsp3) is 0.375. The van der Waals surface area contributed by atoms with Gasteiger partial charge in [0.1, 0.15) is 5.58 Å². The molecule has 1 heterocycles. The Bertz CT molecular complexity index is 1040. The molecule has 5 heteroatoms. The van der Waals surface area contributed by atoms with Gasteiger partial charge in [-0.1, -0.05) is 6.07 Å². The van der Waals surface area contributed by atoms with Crippen molar-refractivity contribution < 1.29 is 18.7 Å². The molecule has 5 nitrogen and oxygen atoms in total. The molecule has 0 saturated carbocycles. The number of amides is 1. The van der Waals surface area contributed by atoms with E-state index in [0.29, 0.717) is 31.0 Å². The summed E-state index contributed by atoms with van der Waals surface area (Å²) in [5, 5.41) is 1.07. The van der Waals surface area contributed by atoms with Crippen LogP contribution in [0.3, 0.4) is 0 Å². The molecule has 1 amide bonds. The van der Waals surface area contributed by atoms with Gasteiger partial charge in [0, 0.05) is 24.0 Å². The van der Waals surface area contributed by atoms with Gasteiger partial charge >= 0.3 is 0 Å². The standard InChI is InChI=1S/C24H27NO4/c1-4-25(14-16-8-9-21(27-2)23(10-16)28-3)24(26)13-19-15-29-22-12-18-7-5-6-17(18)11-20(19)22/h8-12,15H,4-7,13-14H2,1-3H3. The minimum atomic E-state index is 0.0884. The van der Waals surface area contributed by atoms with Crippen LogP contribution in [0.5, 0.6) is 11.5 Å². The van der Waals surface area contributed by atoms with Crippen LogP contribution in [0.2, 0.25) is 0 Å². The van der Waals surface area contributed by atoms with E-state index in [1.54, 1.807) is 20.5 Å². The number of furan rings is 1. The minimum absolute atomic E-state index is 0.0884. The number of fused-ring (bicyclic) bond motifs is 2. The SMILES string of the molecule is CCN(Cc1ccc(OC)c(OC)c1)C(=O)Cc1coc2cc3c(cc12)CCC3. The van der Waals surface area contributed by atoms with Crippen LogP contribution in [-0.2, 0) is 30.6 Å². The molecular formula is C24H27NO4. The summed E-state index contributed by atoms with van der Waals surface area (Å²) < 4.78 is 16.4. The van der Waals surface area contributed by atoms with E-state index in [1.807, 2.05) is 30.0 Å². The van der Waals surface area contributed by atoms with Crippen LogP contribution in [0, 0.1) is 0 Å². The monoisotopic (exact) mass is 393 g/mol. The molecule has 3 aromatic rings. The Morgan fingerprint density at radius 1 is 1.07 bits per heavy atom. The highest BCUT2D eigenvalue weighted by Crippen LogP contribution is 2.31. The third-order valence-corrected chi connectivity index (χ3v) is 5.77. The lowest BCUT2D eigenvalue weighted by Crippen LogP contribution is -2.31. The van der Waals surface area contributed by atoms with E-state index < -0.39 is 0 Å². The predicted octanol–water partition coefficient (Wildman–Crippen LogP) is 4.53. The fourth-order valence-electron chi connectivity index (χ4n) is 4.14. The summed E-state index contributed by atoms with van der Waals surface area (Å²) in [6.07, 6.45) is 5.51. The first-order valence-corrected chi connectivity index (χ1v) is 10.1. The van der Waals surface area contributed by atoms with E-state index in [0.717, 1.165) is 34.9 Å². The molecule has 2 aromatic carbocycles. The van der Waals surface area contributed by atoms with Gasteiger partial charge in [-0.3, -0.25) is 4.79 Å². The van der Waals surface area contributed by atoms with Crippen molar-refractivity contribution >= 4 is 16.9 Å². The molecule has 0 fully saturated rings. The van der Waals surface area contributed by atoms with Gasteiger partial charge in [-0.2, -0.15) is 0 Å². The summed E-state index contributed by atoms with van der Waals surface area (Å²) >= 11 is 0. The summed E-state index contributed by atoms with van der Waals surface area (Å²) in [7, 11) is 3.23. The van der Waals surface area contributed by atoms with Gasteiger partial charge in [-0.25, -0.2) is 0 Å². The largest absolute Gasteiger partial charge is 0.493 e. The van der Waals surface area contributed by atoms with Crippen molar-refractivity contribution in [2.45, 2.75) is 39.2 Å². The van der Waals surface area contributed by atoms with Crippen molar-refractivity contribution in [3.05, 3.63) is 58.8 Å². The van der Waals surface area contributed by atoms with Gasteiger partial charge in [0.25, 0.3) is 0 Å². The third kappa shape index (κ3) is 3.82. The van der Waals surface area contributed by atoms with Gasteiger partial charge in [0.05, 0.1) is 26.9 Å². The van der Waals surface area contributed by atoms with Crippen LogP contribution < -0.4 is 9.47 Å². The third-order valence-electron chi connectivity index (χ3n) is 5.77. The summed E-state index contributed by atoms with van der Waals surface area (Å²) in [6.45, 7) is 3.16. The number of rotatable bonds is 7. The van der Waals surface area contributed by atoms with Crippen molar-refractivity contribution in [3.63, 3.8) is 0 Å². The summed E-state index contributed by atoms with van der Waals surface area (Å²) in [5.74, 6) is 1.44. The molecule has 0 aliphatic heterocycles. The lowest BCUT2D eigenvalue weighted by atomic mass is 10.0. The average Bonchev–Trinajstić information content (AvgIpc) is 3.36. The number of methoxy groups -OCH3 is 2. The maximum absolute atomic E-state index is 13.0. The number of likely N-dealkylation sites (N-methyl/N-ethyl adjacent to an activating group) is 1. The van der Waals surface area contributed by atoms with Crippen LogP contribution in [-0.4, -0.2) is 31.6 Å². The molecule has 1 aromatic heterocycles. The molecule has 4 rings (SSSR count). The molecular weight excluding hydrogens is 366 g/mol. The molecule has 0 N–H and O–H groups in total. The molecule has 0 atom stereocenters. The smallest absolute Gasteiger partial charge is 0.227 e. The van der Waals surface area contributed by atoms with Gasteiger partial charge in [-0.15, -0.1) is 0 Å². The Kier molecular flexibility index (Phi) is 5.47. The first-order valence-electron chi connectivity index (χ1n) is 10.1. The Hall–Kier alpha value is -2.95. The zero-order valence-electron chi connectivity index (χ0n) is 17.3. The normalized spacial score (nSPS) is 12.8. The van der Waals surface area contributed by atoms with Crippen LogP contribution in [0.25, 0.3) is 11.0 Å². The fourth-order valence-corrected chi connectivity index (χ4v) is 4.14. The number of hydrogen-bond donors (Lipinski definition) is 0. The molecule has 1 aliphatic rings. The molecule has 0 saturated heterocycles. The van der Waals surface area contributed by atoms with Crippen molar-refractivity contribution in [2.75, 3.05) is 20.8 Å². The second-order valence-electron chi connectivity index (χ2n) is 7.51. The quantitative estimate of drug-likeness (QED) is 0.592.